The number of carbonyl (C=O) groups excluding carboxylic acids is 1. The first-order valence-electron chi connectivity index (χ1n) is 12.8. The average Bonchev–Trinajstić information content (AvgIpc) is 2.89. The van der Waals surface area contributed by atoms with Crippen LogP contribution >= 0.6 is 11.6 Å². The van der Waals surface area contributed by atoms with Crippen LogP contribution in [0.25, 0.3) is 10.9 Å². The molecule has 0 radical (unpaired) electrons. The Bertz CT molecular complexity index is 1360. The number of pyridine rings is 1. The Hall–Kier alpha value is -3.20. The lowest BCUT2D eigenvalue weighted by atomic mass is 9.89. The van der Waals surface area contributed by atoms with E-state index in [2.05, 4.69) is 20.1 Å². The van der Waals surface area contributed by atoms with E-state index in [0.717, 1.165) is 56.2 Å². The number of benzene rings is 2. The first-order valence-corrected chi connectivity index (χ1v) is 13.2. The van der Waals surface area contributed by atoms with Crippen LogP contribution in [-0.4, -0.2) is 57.2 Å². The number of rotatable bonds is 4. The average molecular weight is 546 g/mol. The van der Waals surface area contributed by atoms with Gasteiger partial charge in [-0.2, -0.15) is 13.2 Å². The molecule has 0 saturated heterocycles. The van der Waals surface area contributed by atoms with Crippen molar-refractivity contribution in [3.8, 4) is 0 Å². The Morgan fingerprint density at radius 2 is 1.68 bits per heavy atom. The molecule has 3 aromatic rings. The van der Waals surface area contributed by atoms with Crippen LogP contribution in [0.4, 0.5) is 30.2 Å². The van der Waals surface area contributed by atoms with Crippen LogP contribution in [0.15, 0.2) is 42.5 Å². The van der Waals surface area contributed by atoms with Gasteiger partial charge < -0.3 is 20.0 Å². The van der Waals surface area contributed by atoms with Crippen molar-refractivity contribution < 1.29 is 18.0 Å². The van der Waals surface area contributed by atoms with Crippen molar-refractivity contribution in [3.63, 3.8) is 0 Å². The van der Waals surface area contributed by atoms with E-state index in [-0.39, 0.29) is 23.5 Å². The third-order valence-corrected chi connectivity index (χ3v) is 8.06. The normalized spacial score (nSPS) is 19.9. The van der Waals surface area contributed by atoms with E-state index in [4.69, 9.17) is 11.6 Å². The molecule has 0 bridgehead atoms. The second-order valence-electron chi connectivity index (χ2n) is 10.3. The van der Waals surface area contributed by atoms with E-state index in [1.807, 2.05) is 44.2 Å². The number of alkyl halides is 3. The summed E-state index contributed by atoms with van der Waals surface area (Å²) in [6, 6.07) is 11.7. The van der Waals surface area contributed by atoms with E-state index in [1.54, 1.807) is 12.1 Å². The lowest BCUT2D eigenvalue weighted by Gasteiger charge is -2.37. The lowest BCUT2D eigenvalue weighted by Crippen LogP contribution is -2.43. The number of hydrogen-bond acceptors (Lipinski definition) is 5. The molecule has 5 rings (SSSR count). The predicted octanol–water partition coefficient (Wildman–Crippen LogP) is 5.97. The standard InChI is InChI=1S/C28H31ClF3N5O/c1-35-12-13-36(2)25-14-17(4-11-23(25)35)27(38)33-19-6-8-20(9-7-19)37(3)24-16-26(28(30,31)32)34-22-10-5-18(29)15-21(22)24/h4-5,10-11,14-16,19-20H,6-9,12-13H2,1-3H3,(H,33,38)/t19-,20+. The van der Waals surface area contributed by atoms with Crippen molar-refractivity contribution in [1.82, 2.24) is 10.3 Å². The van der Waals surface area contributed by atoms with Crippen molar-refractivity contribution >= 4 is 45.5 Å². The number of hydrogen-bond donors (Lipinski definition) is 1. The summed E-state index contributed by atoms with van der Waals surface area (Å²) in [4.78, 5) is 23.1. The maximum Gasteiger partial charge on any atom is 0.433 e. The Morgan fingerprint density at radius 3 is 2.37 bits per heavy atom. The van der Waals surface area contributed by atoms with Gasteiger partial charge in [-0.05, 0) is 68.1 Å². The van der Waals surface area contributed by atoms with E-state index < -0.39 is 11.9 Å². The van der Waals surface area contributed by atoms with Crippen molar-refractivity contribution in [2.75, 3.05) is 48.9 Å². The molecule has 1 fully saturated rings. The zero-order valence-corrected chi connectivity index (χ0v) is 22.4. The molecular weight excluding hydrogens is 515 g/mol. The van der Waals surface area contributed by atoms with Crippen LogP contribution in [0.1, 0.15) is 41.7 Å². The van der Waals surface area contributed by atoms with Gasteiger partial charge in [0.25, 0.3) is 5.91 Å². The Balaban J connectivity index is 1.28. The maximum absolute atomic E-state index is 13.6. The van der Waals surface area contributed by atoms with Crippen molar-refractivity contribution in [2.45, 2.75) is 43.9 Å². The first kappa shape index (κ1) is 26.4. The van der Waals surface area contributed by atoms with Gasteiger partial charge in [-0.25, -0.2) is 4.98 Å². The molecular formula is C28H31ClF3N5O. The van der Waals surface area contributed by atoms with Gasteiger partial charge >= 0.3 is 6.18 Å². The Kier molecular flexibility index (Phi) is 7.07. The van der Waals surface area contributed by atoms with Crippen LogP contribution in [0, 0.1) is 0 Å². The molecule has 6 nitrogen and oxygen atoms in total. The van der Waals surface area contributed by atoms with Crippen molar-refractivity contribution in [3.05, 3.63) is 58.7 Å². The number of anilines is 3. The van der Waals surface area contributed by atoms with Gasteiger partial charge in [-0.3, -0.25) is 4.79 Å². The quantitative estimate of drug-likeness (QED) is 0.438. The highest BCUT2D eigenvalue weighted by Gasteiger charge is 2.35. The molecule has 1 aromatic heterocycles. The lowest BCUT2D eigenvalue weighted by molar-refractivity contribution is -0.140. The highest BCUT2D eigenvalue weighted by atomic mass is 35.5. The minimum atomic E-state index is -4.55. The number of carbonyl (C=O) groups is 1. The summed E-state index contributed by atoms with van der Waals surface area (Å²) in [5.74, 6) is -0.101. The fraction of sp³-hybridized carbons (Fsp3) is 0.429. The van der Waals surface area contributed by atoms with Crippen LogP contribution in [0.5, 0.6) is 0 Å². The molecule has 0 unspecified atom stereocenters. The number of halogens is 4. The van der Waals surface area contributed by atoms with Gasteiger partial charge in [0.2, 0.25) is 0 Å². The van der Waals surface area contributed by atoms with Crippen LogP contribution < -0.4 is 20.0 Å². The molecule has 10 heteroatoms. The second-order valence-corrected chi connectivity index (χ2v) is 10.8. The first-order chi connectivity index (χ1) is 18.0. The summed E-state index contributed by atoms with van der Waals surface area (Å²) in [5, 5.41) is 4.20. The molecule has 1 aliphatic carbocycles. The number of nitrogens with one attached hydrogen (secondary N) is 1. The molecule has 1 amide bonds. The Morgan fingerprint density at radius 1 is 1.00 bits per heavy atom. The molecule has 2 aromatic carbocycles. The zero-order chi connectivity index (χ0) is 27.2. The summed E-state index contributed by atoms with van der Waals surface area (Å²) in [6.45, 7) is 1.84. The van der Waals surface area contributed by atoms with Crippen molar-refractivity contribution in [1.29, 1.82) is 0 Å². The molecule has 0 atom stereocenters. The second kappa shape index (κ2) is 10.2. The number of amides is 1. The fourth-order valence-electron chi connectivity index (χ4n) is 5.52. The summed E-state index contributed by atoms with van der Waals surface area (Å²) in [7, 11) is 5.90. The number of likely N-dealkylation sites (N-methyl/N-ethyl adjacent to an activating group) is 2. The van der Waals surface area contributed by atoms with Crippen LogP contribution in [0.2, 0.25) is 5.02 Å². The van der Waals surface area contributed by atoms with Crippen molar-refractivity contribution in [2.24, 2.45) is 0 Å². The molecule has 38 heavy (non-hydrogen) atoms. The molecule has 202 valence electrons. The number of fused-ring (bicyclic) bond motifs is 2. The van der Waals surface area contributed by atoms with Gasteiger partial charge in [-0.15, -0.1) is 0 Å². The third kappa shape index (κ3) is 5.21. The summed E-state index contributed by atoms with van der Waals surface area (Å²) in [5.41, 5.74) is 2.58. The Labute approximate surface area is 225 Å². The van der Waals surface area contributed by atoms with E-state index in [9.17, 15) is 18.0 Å². The molecule has 1 saturated carbocycles. The van der Waals surface area contributed by atoms with Crippen LogP contribution in [-0.2, 0) is 6.18 Å². The van der Waals surface area contributed by atoms with Gasteiger partial charge in [0, 0.05) is 68.0 Å². The highest BCUT2D eigenvalue weighted by Crippen LogP contribution is 2.38. The minimum absolute atomic E-state index is 0.0120. The molecule has 2 aliphatic rings. The molecule has 1 aliphatic heterocycles. The molecule has 2 heterocycles. The highest BCUT2D eigenvalue weighted by molar-refractivity contribution is 6.31. The summed E-state index contributed by atoms with van der Waals surface area (Å²) < 4.78 is 40.7. The third-order valence-electron chi connectivity index (χ3n) is 7.83. The number of aromatic nitrogens is 1. The van der Waals surface area contributed by atoms with E-state index in [1.165, 1.54) is 6.07 Å². The zero-order valence-electron chi connectivity index (χ0n) is 21.6. The van der Waals surface area contributed by atoms with Gasteiger partial charge in [-0.1, -0.05) is 11.6 Å². The monoisotopic (exact) mass is 545 g/mol. The SMILES string of the molecule is CN1CCN(C)c2cc(C(=O)N[C@H]3CC[C@@H](N(C)c4cc(C(F)(F)F)nc5ccc(Cl)cc45)CC3)ccc21. The smallest absolute Gasteiger partial charge is 0.371 e. The van der Waals surface area contributed by atoms with Crippen LogP contribution in [0.3, 0.4) is 0 Å². The van der Waals surface area contributed by atoms with E-state index in [0.29, 0.717) is 21.7 Å². The fourth-order valence-corrected chi connectivity index (χ4v) is 5.70. The summed E-state index contributed by atoms with van der Waals surface area (Å²) in [6.07, 6.45) is -1.59. The minimum Gasteiger partial charge on any atom is -0.371 e. The summed E-state index contributed by atoms with van der Waals surface area (Å²) >= 11 is 6.17. The molecule has 1 N–H and O–H groups in total. The van der Waals surface area contributed by atoms with E-state index >= 15 is 0 Å². The van der Waals surface area contributed by atoms with Gasteiger partial charge in [0.05, 0.1) is 16.9 Å². The molecule has 0 spiro atoms. The topological polar surface area (TPSA) is 51.7 Å². The maximum atomic E-state index is 13.6. The predicted molar refractivity (Wildman–Crippen MR) is 147 cm³/mol. The van der Waals surface area contributed by atoms with Gasteiger partial charge in [0.1, 0.15) is 5.69 Å². The largest absolute Gasteiger partial charge is 0.433 e. The van der Waals surface area contributed by atoms with Gasteiger partial charge in [0.15, 0.2) is 0 Å². The number of nitrogens with zero attached hydrogens (tertiary/aromatic N) is 4.